The molecule has 0 aliphatic carbocycles. The summed E-state index contributed by atoms with van der Waals surface area (Å²) in [6, 6.07) is 7.19. The van der Waals surface area contributed by atoms with Crippen molar-refractivity contribution < 1.29 is 5.11 Å². The van der Waals surface area contributed by atoms with E-state index in [1.807, 2.05) is 12.1 Å². The summed E-state index contributed by atoms with van der Waals surface area (Å²) < 4.78 is 0. The zero-order valence-electron chi connectivity index (χ0n) is 7.91. The van der Waals surface area contributed by atoms with Gasteiger partial charge in [-0.05, 0) is 17.7 Å². The van der Waals surface area contributed by atoms with Gasteiger partial charge in [-0.2, -0.15) is 0 Å². The first kappa shape index (κ1) is 11.2. The van der Waals surface area contributed by atoms with Crippen LogP contribution in [-0.4, -0.2) is 18.2 Å². The molecule has 0 heterocycles. The van der Waals surface area contributed by atoms with Crippen molar-refractivity contribution in [1.82, 2.24) is 5.32 Å². The van der Waals surface area contributed by atoms with Crippen LogP contribution in [0.15, 0.2) is 36.9 Å². The summed E-state index contributed by atoms with van der Waals surface area (Å²) in [5, 5.41) is 13.4. The van der Waals surface area contributed by atoms with E-state index in [0.717, 1.165) is 5.56 Å². The van der Waals surface area contributed by atoms with Crippen LogP contribution in [0.4, 0.5) is 0 Å². The number of aliphatic hydroxyl groups is 1. The van der Waals surface area contributed by atoms with Crippen LogP contribution in [-0.2, 0) is 0 Å². The number of hydrogen-bond donors (Lipinski definition) is 2. The minimum absolute atomic E-state index is 0.493. The van der Waals surface area contributed by atoms with Gasteiger partial charge in [-0.3, -0.25) is 0 Å². The van der Waals surface area contributed by atoms with Gasteiger partial charge in [0.1, 0.15) is 0 Å². The van der Waals surface area contributed by atoms with Gasteiger partial charge in [-0.25, -0.2) is 0 Å². The van der Waals surface area contributed by atoms with E-state index in [1.165, 1.54) is 0 Å². The van der Waals surface area contributed by atoms with E-state index in [2.05, 4.69) is 11.9 Å². The Morgan fingerprint density at radius 1 is 1.43 bits per heavy atom. The third-order valence-corrected chi connectivity index (χ3v) is 2.13. The van der Waals surface area contributed by atoms with E-state index < -0.39 is 6.10 Å². The smallest absolute Gasteiger partial charge is 0.0914 e. The normalized spacial score (nSPS) is 12.4. The second-order valence-corrected chi connectivity index (χ2v) is 3.45. The highest BCUT2D eigenvalue weighted by Crippen LogP contribution is 2.15. The number of benzene rings is 1. The van der Waals surface area contributed by atoms with Crippen LogP contribution in [0.25, 0.3) is 0 Å². The van der Waals surface area contributed by atoms with Crippen LogP contribution >= 0.6 is 11.6 Å². The van der Waals surface area contributed by atoms with Crippen molar-refractivity contribution in [2.45, 2.75) is 6.10 Å². The topological polar surface area (TPSA) is 32.3 Å². The molecule has 0 saturated heterocycles. The van der Waals surface area contributed by atoms with Gasteiger partial charge in [0.25, 0.3) is 0 Å². The van der Waals surface area contributed by atoms with Crippen LogP contribution in [0.2, 0.25) is 5.02 Å². The van der Waals surface area contributed by atoms with E-state index in [0.29, 0.717) is 18.1 Å². The molecule has 1 aromatic carbocycles. The molecule has 0 fully saturated rings. The molecule has 2 nitrogen and oxygen atoms in total. The summed E-state index contributed by atoms with van der Waals surface area (Å²) >= 11 is 5.73. The standard InChI is InChI=1S/C11H14ClNO/c1-2-7-13-8-11(14)9-3-5-10(12)6-4-9/h2-6,11,13-14H,1,7-8H2/t11-/m1/s1. The molecule has 0 unspecified atom stereocenters. The highest BCUT2D eigenvalue weighted by molar-refractivity contribution is 6.30. The lowest BCUT2D eigenvalue weighted by molar-refractivity contribution is 0.176. The summed E-state index contributed by atoms with van der Waals surface area (Å²) in [6.45, 7) is 4.80. The Morgan fingerprint density at radius 2 is 2.07 bits per heavy atom. The number of hydrogen-bond acceptors (Lipinski definition) is 2. The van der Waals surface area contributed by atoms with E-state index in [-0.39, 0.29) is 0 Å². The Morgan fingerprint density at radius 3 is 2.64 bits per heavy atom. The number of halogens is 1. The highest BCUT2D eigenvalue weighted by atomic mass is 35.5. The molecule has 1 atom stereocenters. The van der Waals surface area contributed by atoms with Crippen molar-refractivity contribution >= 4 is 11.6 Å². The monoisotopic (exact) mass is 211 g/mol. The largest absolute Gasteiger partial charge is 0.387 e. The van der Waals surface area contributed by atoms with Crippen LogP contribution in [0.1, 0.15) is 11.7 Å². The SMILES string of the molecule is C=CCNC[C@@H](O)c1ccc(Cl)cc1. The molecule has 14 heavy (non-hydrogen) atoms. The summed E-state index contributed by atoms with van der Waals surface area (Å²) in [6.07, 6.45) is 1.27. The molecule has 0 aliphatic heterocycles. The van der Waals surface area contributed by atoms with Gasteiger partial charge < -0.3 is 10.4 Å². The van der Waals surface area contributed by atoms with Crippen molar-refractivity contribution in [1.29, 1.82) is 0 Å². The Labute approximate surface area is 89.2 Å². The second-order valence-electron chi connectivity index (χ2n) is 3.01. The molecule has 1 rings (SSSR count). The zero-order valence-corrected chi connectivity index (χ0v) is 8.67. The molecule has 0 radical (unpaired) electrons. The van der Waals surface area contributed by atoms with Gasteiger partial charge >= 0.3 is 0 Å². The predicted octanol–water partition coefficient (Wildman–Crippen LogP) is 2.15. The van der Waals surface area contributed by atoms with Crippen molar-refractivity contribution in [3.05, 3.63) is 47.5 Å². The van der Waals surface area contributed by atoms with Crippen LogP contribution < -0.4 is 5.32 Å². The number of rotatable bonds is 5. The molecule has 0 aromatic heterocycles. The van der Waals surface area contributed by atoms with Crippen molar-refractivity contribution in [3.63, 3.8) is 0 Å². The fourth-order valence-electron chi connectivity index (χ4n) is 1.12. The summed E-state index contributed by atoms with van der Waals surface area (Å²) in [4.78, 5) is 0. The van der Waals surface area contributed by atoms with Crippen molar-refractivity contribution in [3.8, 4) is 0 Å². The zero-order chi connectivity index (χ0) is 10.4. The van der Waals surface area contributed by atoms with Crippen LogP contribution in [0.3, 0.4) is 0 Å². The average molecular weight is 212 g/mol. The second kappa shape index (κ2) is 5.81. The summed E-state index contributed by atoms with van der Waals surface area (Å²) in [5.74, 6) is 0. The van der Waals surface area contributed by atoms with Gasteiger partial charge in [0, 0.05) is 18.1 Å². The van der Waals surface area contributed by atoms with Crippen molar-refractivity contribution in [2.75, 3.05) is 13.1 Å². The maximum absolute atomic E-state index is 9.70. The van der Waals surface area contributed by atoms with Gasteiger partial charge in [0.15, 0.2) is 0 Å². The average Bonchev–Trinajstić information content (AvgIpc) is 2.19. The van der Waals surface area contributed by atoms with Crippen LogP contribution in [0.5, 0.6) is 0 Å². The molecule has 1 aromatic rings. The molecule has 2 N–H and O–H groups in total. The van der Waals surface area contributed by atoms with E-state index in [9.17, 15) is 5.11 Å². The van der Waals surface area contributed by atoms with Gasteiger partial charge in [0.2, 0.25) is 0 Å². The summed E-state index contributed by atoms with van der Waals surface area (Å²) in [7, 11) is 0. The third kappa shape index (κ3) is 3.50. The Hall–Kier alpha value is -0.830. The van der Waals surface area contributed by atoms with E-state index >= 15 is 0 Å². The molecule has 0 aliphatic rings. The number of aliphatic hydroxyl groups excluding tert-OH is 1. The van der Waals surface area contributed by atoms with Gasteiger partial charge in [0.05, 0.1) is 6.10 Å². The Kier molecular flexibility index (Phi) is 4.66. The third-order valence-electron chi connectivity index (χ3n) is 1.88. The lowest BCUT2D eigenvalue weighted by Gasteiger charge is -2.11. The highest BCUT2D eigenvalue weighted by Gasteiger charge is 2.05. The Balaban J connectivity index is 2.47. The van der Waals surface area contributed by atoms with Gasteiger partial charge in [-0.15, -0.1) is 6.58 Å². The molecule has 0 bridgehead atoms. The fraction of sp³-hybridized carbons (Fsp3) is 0.273. The Bertz CT molecular complexity index is 284. The first-order valence-electron chi connectivity index (χ1n) is 4.49. The van der Waals surface area contributed by atoms with Crippen molar-refractivity contribution in [2.24, 2.45) is 0 Å². The summed E-state index contributed by atoms with van der Waals surface area (Å²) in [5.41, 5.74) is 0.867. The molecular formula is C11H14ClNO. The molecule has 3 heteroatoms. The maximum Gasteiger partial charge on any atom is 0.0914 e. The quantitative estimate of drug-likeness (QED) is 0.578. The van der Waals surface area contributed by atoms with Gasteiger partial charge in [-0.1, -0.05) is 29.8 Å². The van der Waals surface area contributed by atoms with E-state index in [1.54, 1.807) is 18.2 Å². The minimum atomic E-state index is -0.493. The lowest BCUT2D eigenvalue weighted by Crippen LogP contribution is -2.21. The predicted molar refractivity (Wildman–Crippen MR) is 59.5 cm³/mol. The maximum atomic E-state index is 9.70. The molecule has 0 spiro atoms. The van der Waals surface area contributed by atoms with E-state index in [4.69, 9.17) is 11.6 Å². The molecular weight excluding hydrogens is 198 g/mol. The first-order valence-corrected chi connectivity index (χ1v) is 4.87. The first-order chi connectivity index (χ1) is 6.74. The molecule has 0 saturated carbocycles. The lowest BCUT2D eigenvalue weighted by atomic mass is 10.1. The van der Waals surface area contributed by atoms with Crippen LogP contribution in [0, 0.1) is 0 Å². The minimum Gasteiger partial charge on any atom is -0.387 e. The molecule has 76 valence electrons. The number of nitrogens with one attached hydrogen (secondary N) is 1. The fourth-order valence-corrected chi connectivity index (χ4v) is 1.25. The molecule has 0 amide bonds.